The zero-order valence-corrected chi connectivity index (χ0v) is 18.4. The van der Waals surface area contributed by atoms with E-state index in [1.54, 1.807) is 0 Å². The SMILES string of the molecule is Cc1nn(Cc2ccc(Cl)cc2)c(C)c1CN1CCC(N2CCNCC2)C1.Cl. The highest BCUT2D eigenvalue weighted by molar-refractivity contribution is 6.30. The minimum Gasteiger partial charge on any atom is -0.314 e. The summed E-state index contributed by atoms with van der Waals surface area (Å²) in [5.41, 5.74) is 5.07. The average Bonchev–Trinajstić information content (AvgIpc) is 3.25. The molecule has 0 saturated carbocycles. The number of hydrogen-bond donors (Lipinski definition) is 1. The van der Waals surface area contributed by atoms with Gasteiger partial charge in [-0.25, -0.2) is 0 Å². The van der Waals surface area contributed by atoms with Gasteiger partial charge in [-0.2, -0.15) is 5.10 Å². The van der Waals surface area contributed by atoms with Crippen LogP contribution in [0.25, 0.3) is 0 Å². The lowest BCUT2D eigenvalue weighted by Gasteiger charge is -2.32. The first-order chi connectivity index (χ1) is 13.1. The number of benzene rings is 1. The summed E-state index contributed by atoms with van der Waals surface area (Å²) in [4.78, 5) is 5.27. The molecule has 1 unspecified atom stereocenters. The Labute approximate surface area is 179 Å². The summed E-state index contributed by atoms with van der Waals surface area (Å²) in [6.07, 6.45) is 1.29. The highest BCUT2D eigenvalue weighted by atomic mass is 35.5. The number of hydrogen-bond acceptors (Lipinski definition) is 4. The monoisotopic (exact) mass is 423 g/mol. The van der Waals surface area contributed by atoms with Crippen molar-refractivity contribution >= 4 is 24.0 Å². The number of nitrogens with one attached hydrogen (secondary N) is 1. The van der Waals surface area contributed by atoms with Crippen molar-refractivity contribution in [3.8, 4) is 0 Å². The predicted molar refractivity (Wildman–Crippen MR) is 118 cm³/mol. The first kappa shape index (κ1) is 21.6. The molecule has 28 heavy (non-hydrogen) atoms. The minimum atomic E-state index is 0. The molecule has 2 saturated heterocycles. The fourth-order valence-electron chi connectivity index (χ4n) is 4.40. The van der Waals surface area contributed by atoms with Gasteiger partial charge in [0.15, 0.2) is 0 Å². The van der Waals surface area contributed by atoms with Gasteiger partial charge in [0.1, 0.15) is 0 Å². The molecule has 1 N–H and O–H groups in total. The normalized spacial score (nSPS) is 21.0. The van der Waals surface area contributed by atoms with E-state index in [9.17, 15) is 0 Å². The lowest BCUT2D eigenvalue weighted by atomic mass is 10.1. The molecule has 0 spiro atoms. The van der Waals surface area contributed by atoms with Crippen molar-refractivity contribution in [2.45, 2.75) is 39.4 Å². The average molecular weight is 424 g/mol. The van der Waals surface area contributed by atoms with Crippen molar-refractivity contribution in [2.75, 3.05) is 39.3 Å². The fourth-order valence-corrected chi connectivity index (χ4v) is 4.53. The number of halogens is 2. The maximum absolute atomic E-state index is 6.00. The fraction of sp³-hybridized carbons (Fsp3) is 0.571. The van der Waals surface area contributed by atoms with Gasteiger partial charge in [0.25, 0.3) is 0 Å². The van der Waals surface area contributed by atoms with Crippen LogP contribution < -0.4 is 5.32 Å². The minimum absolute atomic E-state index is 0. The number of rotatable bonds is 5. The molecule has 2 aliphatic rings. The van der Waals surface area contributed by atoms with Crippen molar-refractivity contribution < 1.29 is 0 Å². The predicted octanol–water partition coefficient (Wildman–Crippen LogP) is 3.10. The van der Waals surface area contributed by atoms with Crippen molar-refractivity contribution in [3.05, 3.63) is 51.8 Å². The van der Waals surface area contributed by atoms with Crippen LogP contribution in [0.5, 0.6) is 0 Å². The third-order valence-corrected chi connectivity index (χ3v) is 6.33. The Kier molecular flexibility index (Phi) is 7.40. The molecule has 2 fully saturated rings. The van der Waals surface area contributed by atoms with Crippen molar-refractivity contribution in [3.63, 3.8) is 0 Å². The van der Waals surface area contributed by atoms with Crippen LogP contribution in [-0.2, 0) is 13.1 Å². The summed E-state index contributed by atoms with van der Waals surface area (Å²) in [6.45, 7) is 13.2. The van der Waals surface area contributed by atoms with E-state index >= 15 is 0 Å². The molecule has 0 aliphatic carbocycles. The second-order valence-corrected chi connectivity index (χ2v) is 8.33. The summed E-state index contributed by atoms with van der Waals surface area (Å²) in [5.74, 6) is 0. The molecule has 0 bridgehead atoms. The van der Waals surface area contributed by atoms with E-state index < -0.39 is 0 Å². The largest absolute Gasteiger partial charge is 0.314 e. The van der Waals surface area contributed by atoms with Crippen LogP contribution in [0, 0.1) is 13.8 Å². The standard InChI is InChI=1S/C21H30ClN5.ClH/c1-16-21(15-25-10-7-20(14-25)26-11-8-23-9-12-26)17(2)27(24-16)13-18-3-5-19(22)6-4-18;/h3-6,20,23H,7-15H2,1-2H3;1H. The van der Waals surface area contributed by atoms with Gasteiger partial charge in [0.05, 0.1) is 12.2 Å². The Balaban J connectivity index is 0.00000225. The van der Waals surface area contributed by atoms with Gasteiger partial charge in [-0.3, -0.25) is 14.5 Å². The zero-order valence-electron chi connectivity index (χ0n) is 16.8. The molecule has 1 atom stereocenters. The van der Waals surface area contributed by atoms with Gasteiger partial charge >= 0.3 is 0 Å². The topological polar surface area (TPSA) is 36.3 Å². The molecule has 4 rings (SSSR count). The van der Waals surface area contributed by atoms with Gasteiger partial charge < -0.3 is 5.32 Å². The van der Waals surface area contributed by atoms with E-state index in [0.717, 1.165) is 42.9 Å². The zero-order chi connectivity index (χ0) is 18.8. The molecule has 3 heterocycles. The lowest BCUT2D eigenvalue weighted by Crippen LogP contribution is -2.49. The summed E-state index contributed by atoms with van der Waals surface area (Å²) < 4.78 is 2.14. The Hall–Kier alpha value is -1.11. The molecule has 1 aromatic carbocycles. The Morgan fingerprint density at radius 2 is 1.79 bits per heavy atom. The van der Waals surface area contributed by atoms with Crippen LogP contribution >= 0.6 is 24.0 Å². The molecule has 5 nitrogen and oxygen atoms in total. The second-order valence-electron chi connectivity index (χ2n) is 7.90. The number of nitrogens with zero attached hydrogens (tertiary/aromatic N) is 4. The highest BCUT2D eigenvalue weighted by Gasteiger charge is 2.29. The van der Waals surface area contributed by atoms with Gasteiger partial charge in [0, 0.05) is 68.1 Å². The molecular weight excluding hydrogens is 393 g/mol. The maximum atomic E-state index is 6.00. The van der Waals surface area contributed by atoms with E-state index in [1.807, 2.05) is 12.1 Å². The molecule has 0 radical (unpaired) electrons. The van der Waals surface area contributed by atoms with E-state index in [-0.39, 0.29) is 12.4 Å². The van der Waals surface area contributed by atoms with Gasteiger partial charge in [-0.15, -0.1) is 12.4 Å². The first-order valence-corrected chi connectivity index (χ1v) is 10.4. The van der Waals surface area contributed by atoms with Crippen LogP contribution in [0.4, 0.5) is 0 Å². The number of piperazine rings is 1. The Morgan fingerprint density at radius 3 is 2.50 bits per heavy atom. The number of aryl methyl sites for hydroxylation is 1. The van der Waals surface area contributed by atoms with E-state index in [1.165, 1.54) is 49.4 Å². The molecular formula is C21H31Cl2N5. The van der Waals surface area contributed by atoms with Crippen molar-refractivity contribution in [1.29, 1.82) is 0 Å². The lowest BCUT2D eigenvalue weighted by molar-refractivity contribution is 0.170. The maximum Gasteiger partial charge on any atom is 0.0662 e. The Bertz CT molecular complexity index is 768. The third kappa shape index (κ3) is 4.89. The Morgan fingerprint density at radius 1 is 1.07 bits per heavy atom. The molecule has 1 aromatic heterocycles. The van der Waals surface area contributed by atoms with Crippen molar-refractivity contribution in [2.24, 2.45) is 0 Å². The smallest absolute Gasteiger partial charge is 0.0662 e. The molecule has 0 amide bonds. The van der Waals surface area contributed by atoms with Crippen LogP contribution in [0.1, 0.15) is 28.9 Å². The van der Waals surface area contributed by atoms with Gasteiger partial charge in [-0.05, 0) is 38.0 Å². The first-order valence-electron chi connectivity index (χ1n) is 10.0. The summed E-state index contributed by atoms with van der Waals surface area (Å²) in [5, 5.41) is 9.05. The summed E-state index contributed by atoms with van der Waals surface area (Å²) in [6, 6.07) is 8.78. The third-order valence-electron chi connectivity index (χ3n) is 6.07. The van der Waals surface area contributed by atoms with E-state index in [0.29, 0.717) is 0 Å². The molecule has 154 valence electrons. The van der Waals surface area contributed by atoms with Crippen LogP contribution in [-0.4, -0.2) is 64.9 Å². The summed E-state index contributed by atoms with van der Waals surface area (Å²) in [7, 11) is 0. The van der Waals surface area contributed by atoms with Crippen LogP contribution in [0.2, 0.25) is 5.02 Å². The van der Waals surface area contributed by atoms with Gasteiger partial charge in [0.2, 0.25) is 0 Å². The van der Waals surface area contributed by atoms with Crippen LogP contribution in [0.3, 0.4) is 0 Å². The molecule has 7 heteroatoms. The van der Waals surface area contributed by atoms with E-state index in [4.69, 9.17) is 16.7 Å². The highest BCUT2D eigenvalue weighted by Crippen LogP contribution is 2.22. The molecule has 2 aliphatic heterocycles. The second kappa shape index (κ2) is 9.59. The van der Waals surface area contributed by atoms with Crippen molar-refractivity contribution in [1.82, 2.24) is 24.9 Å². The molecule has 2 aromatic rings. The quantitative estimate of drug-likeness (QED) is 0.801. The van der Waals surface area contributed by atoms with Crippen LogP contribution in [0.15, 0.2) is 24.3 Å². The number of aromatic nitrogens is 2. The van der Waals surface area contributed by atoms with E-state index in [2.05, 4.69) is 45.8 Å². The number of likely N-dealkylation sites (tertiary alicyclic amines) is 1. The summed E-state index contributed by atoms with van der Waals surface area (Å²) >= 11 is 6.00. The van der Waals surface area contributed by atoms with Gasteiger partial charge in [-0.1, -0.05) is 23.7 Å².